The summed E-state index contributed by atoms with van der Waals surface area (Å²) in [6, 6.07) is 8.35. The zero-order chi connectivity index (χ0) is 10.1. The average molecular weight is 193 g/mol. The Kier molecular flexibility index (Phi) is 1.88. The van der Waals surface area contributed by atoms with Crippen molar-refractivity contribution in [1.29, 1.82) is 0 Å². The monoisotopic (exact) mass is 193 g/mol. The van der Waals surface area contributed by atoms with Crippen molar-refractivity contribution in [3.8, 4) is 0 Å². The number of allylic oxidation sites excluding steroid dienone is 4. The lowest BCUT2D eigenvalue weighted by Gasteiger charge is -2.06. The summed E-state index contributed by atoms with van der Waals surface area (Å²) in [5.41, 5.74) is 4.85. The van der Waals surface area contributed by atoms with Gasteiger partial charge in [-0.1, -0.05) is 36.4 Å². The highest BCUT2D eigenvalue weighted by molar-refractivity contribution is 5.89. The van der Waals surface area contributed by atoms with Crippen molar-refractivity contribution in [2.75, 3.05) is 0 Å². The summed E-state index contributed by atoms with van der Waals surface area (Å²) in [5, 5.41) is 0. The van der Waals surface area contributed by atoms with Gasteiger partial charge in [0, 0.05) is 6.21 Å². The molecule has 0 atom stereocenters. The molecule has 2 aliphatic rings. The molecule has 1 heterocycles. The van der Waals surface area contributed by atoms with E-state index in [2.05, 4.69) is 47.5 Å². The fourth-order valence-electron chi connectivity index (χ4n) is 1.91. The first-order valence-corrected chi connectivity index (χ1v) is 5.14. The fourth-order valence-corrected chi connectivity index (χ4v) is 1.91. The van der Waals surface area contributed by atoms with E-state index in [4.69, 9.17) is 0 Å². The van der Waals surface area contributed by atoms with Crippen LogP contribution in [-0.2, 0) is 0 Å². The van der Waals surface area contributed by atoms with Crippen molar-refractivity contribution < 1.29 is 0 Å². The molecule has 3 rings (SSSR count). The number of hydrogen-bond donors (Lipinski definition) is 0. The summed E-state index contributed by atoms with van der Waals surface area (Å²) in [4.78, 5) is 4.50. The van der Waals surface area contributed by atoms with Crippen LogP contribution >= 0.6 is 0 Å². The van der Waals surface area contributed by atoms with Gasteiger partial charge in [0.15, 0.2) is 0 Å². The highest BCUT2D eigenvalue weighted by atomic mass is 14.7. The summed E-state index contributed by atoms with van der Waals surface area (Å²) >= 11 is 0. The van der Waals surface area contributed by atoms with Gasteiger partial charge in [0.25, 0.3) is 0 Å². The SMILES string of the molecule is C1=CCC2=Cc3ccccc3C=NC2=C1. The van der Waals surface area contributed by atoms with Crippen LogP contribution < -0.4 is 0 Å². The van der Waals surface area contributed by atoms with E-state index in [1.165, 1.54) is 16.7 Å². The van der Waals surface area contributed by atoms with E-state index in [1.807, 2.05) is 12.3 Å². The highest BCUT2D eigenvalue weighted by Crippen LogP contribution is 2.26. The maximum Gasteiger partial charge on any atom is 0.0665 e. The molecule has 0 saturated carbocycles. The molecule has 0 unspecified atom stereocenters. The summed E-state index contributed by atoms with van der Waals surface area (Å²) in [6.45, 7) is 0. The number of nitrogens with zero attached hydrogens (tertiary/aromatic N) is 1. The van der Waals surface area contributed by atoms with Crippen LogP contribution in [0.15, 0.2) is 58.8 Å². The van der Waals surface area contributed by atoms with Gasteiger partial charge in [-0.05, 0) is 35.3 Å². The Labute approximate surface area is 89.2 Å². The smallest absolute Gasteiger partial charge is 0.0665 e. The minimum absolute atomic E-state index is 0.984. The zero-order valence-corrected chi connectivity index (χ0v) is 8.35. The quantitative estimate of drug-likeness (QED) is 0.599. The van der Waals surface area contributed by atoms with Crippen molar-refractivity contribution in [2.45, 2.75) is 6.42 Å². The van der Waals surface area contributed by atoms with Crippen LogP contribution in [0.1, 0.15) is 17.5 Å². The minimum atomic E-state index is 0.984. The normalized spacial score (nSPS) is 17.3. The van der Waals surface area contributed by atoms with Crippen LogP contribution in [0.2, 0.25) is 0 Å². The summed E-state index contributed by atoms with van der Waals surface area (Å²) in [6.07, 6.45) is 11.5. The fraction of sp³-hybridized carbons (Fsp3) is 0.0714. The Morgan fingerprint density at radius 2 is 1.93 bits per heavy atom. The van der Waals surface area contributed by atoms with Crippen molar-refractivity contribution in [2.24, 2.45) is 4.99 Å². The molecule has 1 aromatic carbocycles. The van der Waals surface area contributed by atoms with Crippen LogP contribution in [0.4, 0.5) is 0 Å². The van der Waals surface area contributed by atoms with Crippen molar-refractivity contribution in [1.82, 2.24) is 0 Å². The molecule has 1 aromatic rings. The zero-order valence-electron chi connectivity index (χ0n) is 8.35. The van der Waals surface area contributed by atoms with Gasteiger partial charge in [-0.25, -0.2) is 0 Å². The number of fused-ring (bicyclic) bond motifs is 2. The van der Waals surface area contributed by atoms with E-state index in [0.29, 0.717) is 0 Å². The topological polar surface area (TPSA) is 12.4 Å². The van der Waals surface area contributed by atoms with Gasteiger partial charge >= 0.3 is 0 Å². The van der Waals surface area contributed by atoms with E-state index >= 15 is 0 Å². The number of benzene rings is 1. The number of rotatable bonds is 0. The van der Waals surface area contributed by atoms with Gasteiger partial charge in [-0.3, -0.25) is 4.99 Å². The Hall–Kier alpha value is -1.89. The van der Waals surface area contributed by atoms with E-state index in [-0.39, 0.29) is 0 Å². The highest BCUT2D eigenvalue weighted by Gasteiger charge is 2.09. The lowest BCUT2D eigenvalue weighted by Crippen LogP contribution is -1.88. The third-order valence-electron chi connectivity index (χ3n) is 2.73. The molecule has 0 radical (unpaired) electrons. The minimum Gasteiger partial charge on any atom is -0.256 e. The molecule has 0 bridgehead atoms. The first-order chi connectivity index (χ1) is 7.43. The standard InChI is InChI=1S/C14H11N/c1-2-7-13-10-15-14-8-4-3-6-12(14)9-11(13)5-1/h1-5,7-10H,6H2. The first-order valence-electron chi connectivity index (χ1n) is 5.14. The summed E-state index contributed by atoms with van der Waals surface area (Å²) < 4.78 is 0. The predicted molar refractivity (Wildman–Crippen MR) is 63.9 cm³/mol. The first kappa shape index (κ1) is 8.42. The molecule has 0 amide bonds. The van der Waals surface area contributed by atoms with E-state index < -0.39 is 0 Å². The van der Waals surface area contributed by atoms with Gasteiger partial charge in [0.1, 0.15) is 0 Å². The van der Waals surface area contributed by atoms with Gasteiger partial charge in [0.05, 0.1) is 5.70 Å². The van der Waals surface area contributed by atoms with Crippen LogP contribution in [0.3, 0.4) is 0 Å². The Bertz CT molecular complexity index is 516. The second-order valence-corrected chi connectivity index (χ2v) is 3.74. The molecule has 0 saturated heterocycles. The van der Waals surface area contributed by atoms with E-state index in [0.717, 1.165) is 12.1 Å². The lowest BCUT2D eigenvalue weighted by atomic mass is 10.0. The molecular weight excluding hydrogens is 182 g/mol. The molecule has 1 heteroatoms. The van der Waals surface area contributed by atoms with Crippen LogP contribution in [-0.4, -0.2) is 6.21 Å². The molecule has 1 aliphatic carbocycles. The number of aliphatic imine (C=N–C) groups is 1. The van der Waals surface area contributed by atoms with Crippen molar-refractivity contribution in [3.63, 3.8) is 0 Å². The molecule has 72 valence electrons. The molecule has 0 fully saturated rings. The summed E-state index contributed by atoms with van der Waals surface area (Å²) in [5.74, 6) is 0. The summed E-state index contributed by atoms with van der Waals surface area (Å²) in [7, 11) is 0. The Morgan fingerprint density at radius 3 is 2.87 bits per heavy atom. The third kappa shape index (κ3) is 1.46. The largest absolute Gasteiger partial charge is 0.256 e. The second kappa shape index (κ2) is 3.35. The van der Waals surface area contributed by atoms with Gasteiger partial charge in [0.2, 0.25) is 0 Å². The second-order valence-electron chi connectivity index (χ2n) is 3.74. The van der Waals surface area contributed by atoms with E-state index in [1.54, 1.807) is 0 Å². The molecule has 0 N–H and O–H groups in total. The molecule has 0 aromatic heterocycles. The van der Waals surface area contributed by atoms with Crippen molar-refractivity contribution in [3.05, 3.63) is 64.9 Å². The average Bonchev–Trinajstić information content (AvgIpc) is 2.48. The van der Waals surface area contributed by atoms with Gasteiger partial charge in [-0.15, -0.1) is 0 Å². The Balaban J connectivity index is 2.20. The van der Waals surface area contributed by atoms with Gasteiger partial charge < -0.3 is 0 Å². The maximum atomic E-state index is 4.50. The molecule has 15 heavy (non-hydrogen) atoms. The van der Waals surface area contributed by atoms with Crippen molar-refractivity contribution >= 4 is 12.3 Å². The number of hydrogen-bond acceptors (Lipinski definition) is 1. The molecule has 1 aliphatic heterocycles. The van der Waals surface area contributed by atoms with Crippen LogP contribution in [0.25, 0.3) is 6.08 Å². The Morgan fingerprint density at radius 1 is 1.07 bits per heavy atom. The molecule has 0 spiro atoms. The van der Waals surface area contributed by atoms with Crippen LogP contribution in [0.5, 0.6) is 0 Å². The third-order valence-corrected chi connectivity index (χ3v) is 2.73. The maximum absolute atomic E-state index is 4.50. The van der Waals surface area contributed by atoms with E-state index in [9.17, 15) is 0 Å². The predicted octanol–water partition coefficient (Wildman–Crippen LogP) is 3.35. The van der Waals surface area contributed by atoms with Crippen LogP contribution in [0, 0.1) is 0 Å². The van der Waals surface area contributed by atoms with Gasteiger partial charge in [-0.2, -0.15) is 0 Å². The lowest BCUT2D eigenvalue weighted by molar-refractivity contribution is 1.18. The molecular formula is C14H11N. The molecule has 1 nitrogen and oxygen atoms in total.